The summed E-state index contributed by atoms with van der Waals surface area (Å²) in [5, 5.41) is 4.22. The van der Waals surface area contributed by atoms with Crippen molar-refractivity contribution in [2.45, 2.75) is 6.54 Å². The molecule has 0 radical (unpaired) electrons. The first kappa shape index (κ1) is 10.1. The normalized spacial score (nSPS) is 18.1. The number of aryl methyl sites for hydroxylation is 1. The van der Waals surface area contributed by atoms with Crippen LogP contribution < -0.4 is 0 Å². The van der Waals surface area contributed by atoms with Gasteiger partial charge in [0.15, 0.2) is 5.82 Å². The van der Waals surface area contributed by atoms with Gasteiger partial charge in [-0.3, -0.25) is 14.4 Å². The zero-order valence-corrected chi connectivity index (χ0v) is 8.83. The topological polar surface area (TPSA) is 54.3 Å². The number of amides is 1. The third-order valence-electron chi connectivity index (χ3n) is 2.57. The maximum absolute atomic E-state index is 10.5. The number of carbonyl (C=O) groups excluding carboxylic acids is 1. The third-order valence-corrected chi connectivity index (χ3v) is 2.57. The second kappa shape index (κ2) is 4.39. The lowest BCUT2D eigenvalue weighted by atomic mass is 10.3. The molecule has 15 heavy (non-hydrogen) atoms. The molecule has 1 aliphatic rings. The van der Waals surface area contributed by atoms with Gasteiger partial charge in [0.05, 0.1) is 6.54 Å². The van der Waals surface area contributed by atoms with Crippen molar-refractivity contribution in [2.24, 2.45) is 7.05 Å². The molecule has 0 spiro atoms. The fraction of sp³-hybridized carbons (Fsp3) is 0.667. The fourth-order valence-corrected chi connectivity index (χ4v) is 1.68. The van der Waals surface area contributed by atoms with Crippen LogP contribution in [0.5, 0.6) is 0 Å². The van der Waals surface area contributed by atoms with Gasteiger partial charge >= 0.3 is 0 Å². The lowest BCUT2D eigenvalue weighted by Gasteiger charge is -2.31. The van der Waals surface area contributed by atoms with Gasteiger partial charge < -0.3 is 4.90 Å². The van der Waals surface area contributed by atoms with Crippen molar-refractivity contribution in [3.8, 4) is 0 Å². The van der Waals surface area contributed by atoms with Crippen LogP contribution in [0.1, 0.15) is 5.82 Å². The molecule has 1 aromatic rings. The van der Waals surface area contributed by atoms with Crippen LogP contribution in [-0.4, -0.2) is 57.2 Å². The molecule has 2 rings (SSSR count). The highest BCUT2D eigenvalue weighted by Gasteiger charge is 2.16. The number of rotatable bonds is 3. The Morgan fingerprint density at radius 2 is 2.13 bits per heavy atom. The van der Waals surface area contributed by atoms with Gasteiger partial charge in [-0.15, -0.1) is 0 Å². The molecule has 1 aromatic heterocycles. The number of nitrogens with zero attached hydrogens (tertiary/aromatic N) is 5. The number of carbonyl (C=O) groups is 1. The van der Waals surface area contributed by atoms with E-state index >= 15 is 0 Å². The number of aromatic nitrogens is 3. The summed E-state index contributed by atoms with van der Waals surface area (Å²) in [6.45, 7) is 4.17. The van der Waals surface area contributed by atoms with Crippen molar-refractivity contribution >= 4 is 6.41 Å². The summed E-state index contributed by atoms with van der Waals surface area (Å²) in [6, 6.07) is 0. The molecule has 0 N–H and O–H groups in total. The van der Waals surface area contributed by atoms with E-state index in [9.17, 15) is 4.79 Å². The average Bonchev–Trinajstić information content (AvgIpc) is 2.65. The summed E-state index contributed by atoms with van der Waals surface area (Å²) >= 11 is 0. The number of hydrogen-bond donors (Lipinski definition) is 0. The van der Waals surface area contributed by atoms with Crippen LogP contribution in [0.25, 0.3) is 0 Å². The summed E-state index contributed by atoms with van der Waals surface area (Å²) < 4.78 is 1.71. The van der Waals surface area contributed by atoms with Gasteiger partial charge in [0.2, 0.25) is 6.41 Å². The van der Waals surface area contributed by atoms with E-state index in [1.54, 1.807) is 15.9 Å². The minimum Gasteiger partial charge on any atom is -0.343 e. The Morgan fingerprint density at radius 3 is 2.67 bits per heavy atom. The van der Waals surface area contributed by atoms with E-state index in [2.05, 4.69) is 15.0 Å². The molecule has 6 nitrogen and oxygen atoms in total. The van der Waals surface area contributed by atoms with Crippen LogP contribution >= 0.6 is 0 Å². The smallest absolute Gasteiger partial charge is 0.209 e. The second-order valence-electron chi connectivity index (χ2n) is 3.75. The van der Waals surface area contributed by atoms with Crippen LogP contribution in [0, 0.1) is 0 Å². The van der Waals surface area contributed by atoms with Gasteiger partial charge in [0.1, 0.15) is 6.33 Å². The molecule has 0 aromatic carbocycles. The summed E-state index contributed by atoms with van der Waals surface area (Å²) in [5.41, 5.74) is 0. The molecular weight excluding hydrogens is 194 g/mol. The average molecular weight is 209 g/mol. The standard InChI is InChI=1S/C9H15N5O/c1-12-7-10-9(11-12)6-13-2-4-14(8-15)5-3-13/h7-8H,2-6H2,1H3. The Kier molecular flexibility index (Phi) is 2.96. The fourth-order valence-electron chi connectivity index (χ4n) is 1.68. The first-order valence-electron chi connectivity index (χ1n) is 5.04. The molecule has 1 aliphatic heterocycles. The van der Waals surface area contributed by atoms with E-state index in [0.717, 1.165) is 45.0 Å². The second-order valence-corrected chi connectivity index (χ2v) is 3.75. The van der Waals surface area contributed by atoms with Crippen LogP contribution in [0.3, 0.4) is 0 Å². The molecule has 1 amide bonds. The quantitative estimate of drug-likeness (QED) is 0.605. The minimum absolute atomic E-state index is 0.771. The number of hydrogen-bond acceptors (Lipinski definition) is 4. The molecule has 0 bridgehead atoms. The van der Waals surface area contributed by atoms with Gasteiger partial charge in [-0.1, -0.05) is 0 Å². The van der Waals surface area contributed by atoms with Crippen molar-refractivity contribution in [1.29, 1.82) is 0 Å². The Hall–Kier alpha value is -1.43. The van der Waals surface area contributed by atoms with E-state index in [1.165, 1.54) is 0 Å². The molecular formula is C9H15N5O. The molecule has 2 heterocycles. The molecule has 0 unspecified atom stereocenters. The summed E-state index contributed by atoms with van der Waals surface area (Å²) in [6.07, 6.45) is 2.62. The Bertz CT molecular complexity index is 329. The van der Waals surface area contributed by atoms with Crippen molar-refractivity contribution in [3.63, 3.8) is 0 Å². The van der Waals surface area contributed by atoms with Crippen LogP contribution in [0.15, 0.2) is 6.33 Å². The predicted molar refractivity (Wildman–Crippen MR) is 53.9 cm³/mol. The van der Waals surface area contributed by atoms with Gasteiger partial charge in [-0.05, 0) is 0 Å². The maximum atomic E-state index is 10.5. The monoisotopic (exact) mass is 209 g/mol. The van der Waals surface area contributed by atoms with E-state index < -0.39 is 0 Å². The predicted octanol–water partition coefficient (Wildman–Crippen LogP) is -0.911. The van der Waals surface area contributed by atoms with Crippen molar-refractivity contribution in [3.05, 3.63) is 12.2 Å². The molecule has 0 saturated carbocycles. The van der Waals surface area contributed by atoms with Crippen LogP contribution in [0.2, 0.25) is 0 Å². The number of piperazine rings is 1. The summed E-state index contributed by atoms with van der Waals surface area (Å²) in [7, 11) is 1.86. The van der Waals surface area contributed by atoms with E-state index in [4.69, 9.17) is 0 Å². The maximum Gasteiger partial charge on any atom is 0.209 e. The zero-order chi connectivity index (χ0) is 10.7. The first-order valence-corrected chi connectivity index (χ1v) is 5.04. The minimum atomic E-state index is 0.771. The first-order chi connectivity index (χ1) is 7.28. The van der Waals surface area contributed by atoms with Crippen LogP contribution in [-0.2, 0) is 18.4 Å². The van der Waals surface area contributed by atoms with Gasteiger partial charge in [-0.2, -0.15) is 5.10 Å². The molecule has 82 valence electrons. The third kappa shape index (κ3) is 2.53. The van der Waals surface area contributed by atoms with Gasteiger partial charge in [0, 0.05) is 33.2 Å². The summed E-state index contributed by atoms with van der Waals surface area (Å²) in [5.74, 6) is 0.844. The van der Waals surface area contributed by atoms with Crippen molar-refractivity contribution in [2.75, 3.05) is 26.2 Å². The molecule has 1 saturated heterocycles. The highest BCUT2D eigenvalue weighted by Crippen LogP contribution is 2.03. The van der Waals surface area contributed by atoms with E-state index in [0.29, 0.717) is 0 Å². The Balaban J connectivity index is 1.84. The molecule has 0 atom stereocenters. The van der Waals surface area contributed by atoms with E-state index in [-0.39, 0.29) is 0 Å². The molecule has 6 heteroatoms. The lowest BCUT2D eigenvalue weighted by molar-refractivity contribution is -0.119. The van der Waals surface area contributed by atoms with Gasteiger partial charge in [0.25, 0.3) is 0 Å². The lowest BCUT2D eigenvalue weighted by Crippen LogP contribution is -2.45. The largest absolute Gasteiger partial charge is 0.343 e. The van der Waals surface area contributed by atoms with Crippen molar-refractivity contribution in [1.82, 2.24) is 24.6 Å². The highest BCUT2D eigenvalue weighted by molar-refractivity contribution is 5.47. The molecule has 1 fully saturated rings. The Labute approximate surface area is 88.5 Å². The zero-order valence-electron chi connectivity index (χ0n) is 8.83. The molecule has 0 aliphatic carbocycles. The van der Waals surface area contributed by atoms with E-state index in [1.807, 2.05) is 7.05 Å². The van der Waals surface area contributed by atoms with Crippen LogP contribution in [0.4, 0.5) is 0 Å². The summed E-state index contributed by atoms with van der Waals surface area (Å²) in [4.78, 5) is 18.7. The Morgan fingerprint density at radius 1 is 1.40 bits per heavy atom. The SMILES string of the molecule is Cn1cnc(CN2CCN(C=O)CC2)n1. The van der Waals surface area contributed by atoms with Crippen molar-refractivity contribution < 1.29 is 4.79 Å². The highest BCUT2D eigenvalue weighted by atomic mass is 16.1. The van der Waals surface area contributed by atoms with Gasteiger partial charge in [-0.25, -0.2) is 4.98 Å².